The maximum atomic E-state index is 12.6. The van der Waals surface area contributed by atoms with Gasteiger partial charge in [0.05, 0.1) is 17.3 Å². The quantitative estimate of drug-likeness (QED) is 0.323. The number of Topliss-reactive ketones (excluding diaryl/α,β-unsaturated/α-hetero) is 1. The standard InChI is InChI=1S/C26H26N2O5S/c1-18(29)27-15-14-21-12-13-24(34-21)23(30)17-33-25(31)16-22(19-8-4-2-5-9-19)28-26(32)20-10-6-3-7-11-20/h2-13,22H,14-17H2,1H3,(H,27,29)(H,28,32)/t22-/m0/s1. The Morgan fingerprint density at radius 3 is 2.26 bits per heavy atom. The Hall–Kier alpha value is -3.78. The SMILES string of the molecule is CC(=O)NCCc1ccc(C(=O)COC(=O)C[C@H](NC(=O)c2ccccc2)c2ccccc2)s1. The number of thiophene rings is 1. The van der Waals surface area contributed by atoms with E-state index in [4.69, 9.17) is 4.74 Å². The van der Waals surface area contributed by atoms with Gasteiger partial charge in [-0.15, -0.1) is 11.3 Å². The molecule has 176 valence electrons. The van der Waals surface area contributed by atoms with E-state index in [-0.39, 0.29) is 30.6 Å². The lowest BCUT2D eigenvalue weighted by atomic mass is 10.0. The minimum Gasteiger partial charge on any atom is -0.457 e. The fraction of sp³-hybridized carbons (Fsp3) is 0.231. The first-order chi connectivity index (χ1) is 16.4. The van der Waals surface area contributed by atoms with Crippen LogP contribution < -0.4 is 10.6 Å². The number of carbonyl (C=O) groups is 4. The smallest absolute Gasteiger partial charge is 0.308 e. The zero-order valence-electron chi connectivity index (χ0n) is 18.8. The Bertz CT molecular complexity index is 1130. The van der Waals surface area contributed by atoms with Gasteiger partial charge < -0.3 is 15.4 Å². The summed E-state index contributed by atoms with van der Waals surface area (Å²) in [6.07, 6.45) is 0.513. The molecule has 0 saturated carbocycles. The van der Waals surface area contributed by atoms with Crippen LogP contribution in [-0.4, -0.2) is 36.7 Å². The van der Waals surface area contributed by atoms with Crippen LogP contribution in [0.5, 0.6) is 0 Å². The van der Waals surface area contributed by atoms with Crippen molar-refractivity contribution < 1.29 is 23.9 Å². The molecule has 3 rings (SSSR count). The van der Waals surface area contributed by atoms with E-state index in [2.05, 4.69) is 10.6 Å². The average Bonchev–Trinajstić information content (AvgIpc) is 3.32. The van der Waals surface area contributed by atoms with Gasteiger partial charge in [-0.3, -0.25) is 19.2 Å². The summed E-state index contributed by atoms with van der Waals surface area (Å²) in [6, 6.07) is 20.8. The molecule has 1 aromatic heterocycles. The Morgan fingerprint density at radius 1 is 0.912 bits per heavy atom. The minimum atomic E-state index is -0.598. The molecule has 0 unspecified atom stereocenters. The van der Waals surface area contributed by atoms with Gasteiger partial charge in [0.1, 0.15) is 0 Å². The second-order valence-electron chi connectivity index (χ2n) is 7.59. The lowest BCUT2D eigenvalue weighted by Crippen LogP contribution is -2.31. The summed E-state index contributed by atoms with van der Waals surface area (Å²) in [6.45, 7) is 1.57. The molecule has 0 bridgehead atoms. The van der Waals surface area contributed by atoms with Crippen LogP contribution >= 0.6 is 11.3 Å². The predicted molar refractivity (Wildman–Crippen MR) is 130 cm³/mol. The topological polar surface area (TPSA) is 102 Å². The molecule has 0 aliphatic heterocycles. The largest absolute Gasteiger partial charge is 0.457 e. The maximum absolute atomic E-state index is 12.6. The van der Waals surface area contributed by atoms with E-state index < -0.39 is 12.0 Å². The second-order valence-corrected chi connectivity index (χ2v) is 8.76. The third-order valence-corrected chi connectivity index (χ3v) is 6.15. The van der Waals surface area contributed by atoms with Gasteiger partial charge in [-0.05, 0) is 36.2 Å². The van der Waals surface area contributed by atoms with Crippen molar-refractivity contribution in [2.24, 2.45) is 0 Å². The predicted octanol–water partition coefficient (Wildman–Crippen LogP) is 3.71. The number of benzene rings is 2. The van der Waals surface area contributed by atoms with E-state index in [9.17, 15) is 19.2 Å². The van der Waals surface area contributed by atoms with Crippen molar-refractivity contribution in [3.05, 3.63) is 93.7 Å². The fourth-order valence-electron chi connectivity index (χ4n) is 3.24. The van der Waals surface area contributed by atoms with Gasteiger partial charge >= 0.3 is 5.97 Å². The maximum Gasteiger partial charge on any atom is 0.308 e. The highest BCUT2D eigenvalue weighted by Gasteiger charge is 2.21. The van der Waals surface area contributed by atoms with Crippen LogP contribution in [0.2, 0.25) is 0 Å². The van der Waals surface area contributed by atoms with Crippen LogP contribution in [-0.2, 0) is 20.7 Å². The third-order valence-electron chi connectivity index (χ3n) is 4.96. The number of esters is 1. The monoisotopic (exact) mass is 478 g/mol. The molecule has 0 radical (unpaired) electrons. The van der Waals surface area contributed by atoms with Gasteiger partial charge in [-0.2, -0.15) is 0 Å². The van der Waals surface area contributed by atoms with Crippen LogP contribution in [0.4, 0.5) is 0 Å². The molecule has 0 aliphatic rings. The highest BCUT2D eigenvalue weighted by Crippen LogP contribution is 2.20. The van der Waals surface area contributed by atoms with E-state index in [0.717, 1.165) is 10.4 Å². The van der Waals surface area contributed by atoms with Crippen molar-refractivity contribution >= 4 is 34.9 Å². The molecule has 7 nitrogen and oxygen atoms in total. The molecule has 0 fully saturated rings. The van der Waals surface area contributed by atoms with Crippen molar-refractivity contribution in [1.29, 1.82) is 0 Å². The number of nitrogens with one attached hydrogen (secondary N) is 2. The first-order valence-electron chi connectivity index (χ1n) is 10.8. The van der Waals surface area contributed by atoms with Crippen molar-refractivity contribution in [3.63, 3.8) is 0 Å². The first-order valence-corrected chi connectivity index (χ1v) is 11.7. The zero-order chi connectivity index (χ0) is 24.3. The van der Waals surface area contributed by atoms with Crippen molar-refractivity contribution in [2.75, 3.05) is 13.2 Å². The summed E-state index contributed by atoms with van der Waals surface area (Å²) in [5.74, 6) is -1.29. The lowest BCUT2D eigenvalue weighted by Gasteiger charge is -2.18. The Morgan fingerprint density at radius 2 is 1.59 bits per heavy atom. The van der Waals surface area contributed by atoms with Crippen LogP contribution in [0.3, 0.4) is 0 Å². The summed E-state index contributed by atoms with van der Waals surface area (Å²) in [5.41, 5.74) is 1.25. The van der Waals surface area contributed by atoms with Gasteiger partial charge in [0.2, 0.25) is 11.7 Å². The number of hydrogen-bond acceptors (Lipinski definition) is 6. The van der Waals surface area contributed by atoms with E-state index >= 15 is 0 Å². The average molecular weight is 479 g/mol. The Kier molecular flexibility index (Phi) is 9.11. The van der Waals surface area contributed by atoms with E-state index in [0.29, 0.717) is 23.4 Å². The van der Waals surface area contributed by atoms with E-state index in [1.54, 1.807) is 30.3 Å². The summed E-state index contributed by atoms with van der Waals surface area (Å²) in [7, 11) is 0. The molecule has 2 aromatic carbocycles. The van der Waals surface area contributed by atoms with Gasteiger partial charge in [0, 0.05) is 23.9 Å². The van der Waals surface area contributed by atoms with Gasteiger partial charge in [-0.1, -0.05) is 48.5 Å². The molecule has 3 aromatic rings. The third kappa shape index (κ3) is 7.67. The lowest BCUT2D eigenvalue weighted by molar-refractivity contribution is -0.143. The summed E-state index contributed by atoms with van der Waals surface area (Å²) < 4.78 is 5.23. The van der Waals surface area contributed by atoms with Crippen LogP contribution in [0.15, 0.2) is 72.8 Å². The van der Waals surface area contributed by atoms with Gasteiger partial charge in [0.15, 0.2) is 6.61 Å². The molecule has 2 amide bonds. The second kappa shape index (κ2) is 12.5. The van der Waals surface area contributed by atoms with Gasteiger partial charge in [0.25, 0.3) is 5.91 Å². The van der Waals surface area contributed by atoms with E-state index in [1.165, 1.54) is 18.3 Å². The molecule has 1 atom stereocenters. The van der Waals surface area contributed by atoms with Crippen molar-refractivity contribution in [2.45, 2.75) is 25.8 Å². The van der Waals surface area contributed by atoms with Crippen LogP contribution in [0, 0.1) is 0 Å². The number of hydrogen-bond donors (Lipinski definition) is 2. The highest BCUT2D eigenvalue weighted by atomic mass is 32.1. The molecule has 1 heterocycles. The highest BCUT2D eigenvalue weighted by molar-refractivity contribution is 7.14. The molecular weight excluding hydrogens is 452 g/mol. The number of amides is 2. The van der Waals surface area contributed by atoms with E-state index in [1.807, 2.05) is 42.5 Å². The molecule has 8 heteroatoms. The number of carbonyl (C=O) groups excluding carboxylic acids is 4. The molecule has 0 saturated heterocycles. The fourth-order valence-corrected chi connectivity index (χ4v) is 4.17. The van der Waals surface area contributed by atoms with Crippen molar-refractivity contribution in [1.82, 2.24) is 10.6 Å². The number of ketones is 1. The Labute approximate surface area is 202 Å². The van der Waals surface area contributed by atoms with Gasteiger partial charge in [-0.25, -0.2) is 0 Å². The first kappa shape index (κ1) is 24.9. The normalized spacial score (nSPS) is 11.3. The molecule has 0 aliphatic carbocycles. The van der Waals surface area contributed by atoms with Crippen molar-refractivity contribution in [3.8, 4) is 0 Å². The minimum absolute atomic E-state index is 0.103. The Balaban J connectivity index is 1.56. The molecular formula is C26H26N2O5S. The number of ether oxygens (including phenoxy) is 1. The molecule has 2 N–H and O–H groups in total. The van der Waals surface area contributed by atoms with Crippen LogP contribution in [0.1, 0.15) is 49.9 Å². The summed E-state index contributed by atoms with van der Waals surface area (Å²) in [5, 5.41) is 5.59. The zero-order valence-corrected chi connectivity index (χ0v) is 19.6. The van der Waals surface area contributed by atoms with Crippen LogP contribution in [0.25, 0.3) is 0 Å². The summed E-state index contributed by atoms with van der Waals surface area (Å²) >= 11 is 1.31. The number of rotatable bonds is 11. The molecule has 34 heavy (non-hydrogen) atoms. The summed E-state index contributed by atoms with van der Waals surface area (Å²) in [4.78, 5) is 50.0. The molecule has 0 spiro atoms.